The fraction of sp³-hybridized carbons (Fsp3) is 0.417. The number of ether oxygens (including phenoxy) is 5. The topological polar surface area (TPSA) is 95.6 Å². The first-order valence-electron chi connectivity index (χ1n) is 10.6. The number of nitrogens with zero attached hydrogens (tertiary/aromatic N) is 1. The lowest BCUT2D eigenvalue weighted by atomic mass is 10.2. The maximum Gasteiger partial charge on any atom is 0.319 e. The van der Waals surface area contributed by atoms with Gasteiger partial charge in [0, 0.05) is 12.6 Å². The molecule has 0 fully saturated rings. The maximum absolute atomic E-state index is 12.5. The van der Waals surface area contributed by atoms with E-state index in [9.17, 15) is 9.59 Å². The quantitative estimate of drug-likeness (QED) is 0.339. The number of amides is 1. The molecule has 1 amide bonds. The second-order valence-corrected chi connectivity index (χ2v) is 7.05. The van der Waals surface area contributed by atoms with Gasteiger partial charge in [-0.25, -0.2) is 0 Å². The van der Waals surface area contributed by atoms with Crippen LogP contribution in [0.2, 0.25) is 0 Å². The van der Waals surface area contributed by atoms with Gasteiger partial charge in [-0.3, -0.25) is 14.5 Å². The van der Waals surface area contributed by atoms with Crippen LogP contribution in [0.25, 0.3) is 0 Å². The van der Waals surface area contributed by atoms with E-state index < -0.39 is 5.97 Å². The molecule has 0 unspecified atom stereocenters. The zero-order valence-corrected chi connectivity index (χ0v) is 19.6. The predicted octanol–water partition coefficient (Wildman–Crippen LogP) is 2.27. The molecular weight excluding hydrogens is 428 g/mol. The van der Waals surface area contributed by atoms with E-state index in [1.807, 2.05) is 43.3 Å². The summed E-state index contributed by atoms with van der Waals surface area (Å²) in [5.41, 5.74) is 0.835. The van der Waals surface area contributed by atoms with Crippen molar-refractivity contribution in [3.8, 4) is 23.0 Å². The van der Waals surface area contributed by atoms with Crippen LogP contribution in [0.4, 0.5) is 0 Å². The molecule has 0 aliphatic carbocycles. The standard InChI is InChI=1S/C24H32N2O7/c1-5-32-19-6-8-20(9-7-19)33-11-10-25-23(27)16-26(17-24(28)31-4)15-18-12-21(29-2)14-22(13-18)30-3/h6-9,12-14H,5,10-11,15-17H2,1-4H3,(H,25,27). The average molecular weight is 461 g/mol. The maximum atomic E-state index is 12.5. The molecule has 0 aliphatic heterocycles. The van der Waals surface area contributed by atoms with Crippen molar-refractivity contribution in [3.05, 3.63) is 48.0 Å². The molecule has 0 aromatic heterocycles. The molecule has 2 rings (SSSR count). The van der Waals surface area contributed by atoms with Gasteiger partial charge in [0.15, 0.2) is 0 Å². The third kappa shape index (κ3) is 9.28. The summed E-state index contributed by atoms with van der Waals surface area (Å²) in [7, 11) is 4.44. The van der Waals surface area contributed by atoms with Gasteiger partial charge in [0.2, 0.25) is 5.91 Å². The minimum absolute atomic E-state index is 0.0116. The zero-order chi connectivity index (χ0) is 24.1. The van der Waals surface area contributed by atoms with E-state index in [4.69, 9.17) is 23.7 Å². The number of hydrogen-bond acceptors (Lipinski definition) is 8. The number of benzene rings is 2. The first kappa shape index (κ1) is 25.8. The van der Waals surface area contributed by atoms with E-state index in [-0.39, 0.29) is 19.0 Å². The fourth-order valence-corrected chi connectivity index (χ4v) is 3.05. The molecule has 33 heavy (non-hydrogen) atoms. The molecule has 0 saturated heterocycles. The van der Waals surface area contributed by atoms with Crippen molar-refractivity contribution in [2.24, 2.45) is 0 Å². The van der Waals surface area contributed by atoms with Crippen molar-refractivity contribution in [2.45, 2.75) is 13.5 Å². The average Bonchev–Trinajstić information content (AvgIpc) is 2.82. The van der Waals surface area contributed by atoms with Crippen LogP contribution >= 0.6 is 0 Å². The summed E-state index contributed by atoms with van der Waals surface area (Å²) in [5.74, 6) is 2.04. The van der Waals surface area contributed by atoms with Gasteiger partial charge in [-0.1, -0.05) is 0 Å². The molecule has 0 bridgehead atoms. The summed E-state index contributed by atoms with van der Waals surface area (Å²) in [6, 6.07) is 12.7. The number of rotatable bonds is 14. The molecule has 0 aliphatic rings. The Morgan fingerprint density at radius 2 is 1.45 bits per heavy atom. The molecule has 2 aromatic rings. The van der Waals surface area contributed by atoms with Crippen LogP contribution in [-0.4, -0.2) is 71.0 Å². The van der Waals surface area contributed by atoms with Crippen LogP contribution in [0.15, 0.2) is 42.5 Å². The van der Waals surface area contributed by atoms with Crippen molar-refractivity contribution in [2.75, 3.05) is 54.2 Å². The molecule has 0 saturated carbocycles. The normalized spacial score (nSPS) is 10.5. The van der Waals surface area contributed by atoms with Crippen molar-refractivity contribution in [3.63, 3.8) is 0 Å². The molecule has 2 aromatic carbocycles. The van der Waals surface area contributed by atoms with Crippen molar-refractivity contribution >= 4 is 11.9 Å². The molecule has 0 heterocycles. The van der Waals surface area contributed by atoms with Gasteiger partial charge in [-0.2, -0.15) is 0 Å². The number of esters is 1. The number of hydrogen-bond donors (Lipinski definition) is 1. The summed E-state index contributed by atoms with van der Waals surface area (Å²) in [6.45, 7) is 3.47. The number of carbonyl (C=O) groups excluding carboxylic acids is 2. The molecule has 0 radical (unpaired) electrons. The smallest absolute Gasteiger partial charge is 0.319 e. The Kier molecular flexibility index (Phi) is 10.8. The lowest BCUT2D eigenvalue weighted by molar-refractivity contribution is -0.142. The van der Waals surface area contributed by atoms with Gasteiger partial charge >= 0.3 is 5.97 Å². The predicted molar refractivity (Wildman–Crippen MR) is 123 cm³/mol. The summed E-state index contributed by atoms with van der Waals surface area (Å²) >= 11 is 0. The minimum atomic E-state index is -0.434. The zero-order valence-electron chi connectivity index (χ0n) is 19.6. The summed E-state index contributed by atoms with van der Waals surface area (Å²) in [5, 5.41) is 2.81. The van der Waals surface area contributed by atoms with Crippen LogP contribution in [0.3, 0.4) is 0 Å². The summed E-state index contributed by atoms with van der Waals surface area (Å²) < 4.78 is 26.4. The highest BCUT2D eigenvalue weighted by Crippen LogP contribution is 2.23. The lowest BCUT2D eigenvalue weighted by Gasteiger charge is -2.21. The van der Waals surface area contributed by atoms with Gasteiger partial charge in [0.25, 0.3) is 0 Å². The van der Waals surface area contributed by atoms with Gasteiger partial charge in [0.05, 0.1) is 47.6 Å². The lowest BCUT2D eigenvalue weighted by Crippen LogP contribution is -2.40. The first-order valence-corrected chi connectivity index (χ1v) is 10.6. The van der Waals surface area contributed by atoms with E-state index in [2.05, 4.69) is 5.32 Å². The molecule has 9 nitrogen and oxygen atoms in total. The second kappa shape index (κ2) is 13.8. The van der Waals surface area contributed by atoms with Crippen LogP contribution in [0.5, 0.6) is 23.0 Å². The summed E-state index contributed by atoms with van der Waals surface area (Å²) in [4.78, 5) is 26.0. The Morgan fingerprint density at radius 3 is 2.00 bits per heavy atom. The Balaban J connectivity index is 1.88. The fourth-order valence-electron chi connectivity index (χ4n) is 3.05. The second-order valence-electron chi connectivity index (χ2n) is 7.05. The van der Waals surface area contributed by atoms with Gasteiger partial charge in [0.1, 0.15) is 29.6 Å². The SMILES string of the molecule is CCOc1ccc(OCCNC(=O)CN(CC(=O)OC)Cc2cc(OC)cc(OC)c2)cc1. The number of carbonyl (C=O) groups is 2. The Labute approximate surface area is 194 Å². The minimum Gasteiger partial charge on any atom is -0.497 e. The molecule has 0 atom stereocenters. The number of methoxy groups -OCH3 is 3. The van der Waals surface area contributed by atoms with Crippen molar-refractivity contribution < 1.29 is 33.3 Å². The highest BCUT2D eigenvalue weighted by atomic mass is 16.5. The van der Waals surface area contributed by atoms with Crippen molar-refractivity contribution in [1.82, 2.24) is 10.2 Å². The Bertz CT molecular complexity index is 865. The molecule has 1 N–H and O–H groups in total. The van der Waals surface area contributed by atoms with E-state index in [1.165, 1.54) is 7.11 Å². The molecule has 180 valence electrons. The van der Waals surface area contributed by atoms with Crippen LogP contribution < -0.4 is 24.3 Å². The Hall–Kier alpha value is -3.46. The van der Waals surface area contributed by atoms with Crippen LogP contribution in [0, 0.1) is 0 Å². The number of nitrogens with one attached hydrogen (secondary N) is 1. The summed E-state index contributed by atoms with van der Waals surface area (Å²) in [6.07, 6.45) is 0. The molecule has 9 heteroatoms. The first-order chi connectivity index (χ1) is 16.0. The molecular formula is C24H32N2O7. The highest BCUT2D eigenvalue weighted by molar-refractivity contribution is 5.79. The van der Waals surface area contributed by atoms with Gasteiger partial charge in [-0.05, 0) is 48.9 Å². The van der Waals surface area contributed by atoms with E-state index in [0.717, 1.165) is 11.3 Å². The highest BCUT2D eigenvalue weighted by Gasteiger charge is 2.16. The van der Waals surface area contributed by atoms with Crippen LogP contribution in [0.1, 0.15) is 12.5 Å². The van der Waals surface area contributed by atoms with E-state index >= 15 is 0 Å². The van der Waals surface area contributed by atoms with Gasteiger partial charge in [-0.15, -0.1) is 0 Å². The van der Waals surface area contributed by atoms with E-state index in [0.29, 0.717) is 43.6 Å². The third-order valence-electron chi connectivity index (χ3n) is 4.59. The van der Waals surface area contributed by atoms with E-state index in [1.54, 1.807) is 25.2 Å². The monoisotopic (exact) mass is 460 g/mol. The Morgan fingerprint density at radius 1 is 0.848 bits per heavy atom. The third-order valence-corrected chi connectivity index (χ3v) is 4.59. The van der Waals surface area contributed by atoms with Gasteiger partial charge < -0.3 is 29.0 Å². The van der Waals surface area contributed by atoms with Crippen molar-refractivity contribution in [1.29, 1.82) is 0 Å². The largest absolute Gasteiger partial charge is 0.497 e. The van der Waals surface area contributed by atoms with Crippen LogP contribution in [-0.2, 0) is 20.9 Å². The molecule has 0 spiro atoms.